The molecule has 0 aromatic heterocycles. The summed E-state index contributed by atoms with van der Waals surface area (Å²) in [5.74, 6) is 0. The van der Waals surface area contributed by atoms with Gasteiger partial charge in [0.05, 0.1) is 12.2 Å². The van der Waals surface area contributed by atoms with Crippen molar-refractivity contribution in [2.75, 3.05) is 13.1 Å². The second kappa shape index (κ2) is 4.42. The van der Waals surface area contributed by atoms with E-state index in [-0.39, 0.29) is 12.2 Å². The van der Waals surface area contributed by atoms with Crippen molar-refractivity contribution in [1.82, 2.24) is 4.31 Å². The summed E-state index contributed by atoms with van der Waals surface area (Å²) in [6.45, 7) is 8.08. The second-order valence-corrected chi connectivity index (χ2v) is 5.50. The average molecular weight is 219 g/mol. The molecule has 14 heavy (non-hydrogen) atoms. The van der Waals surface area contributed by atoms with Gasteiger partial charge in [-0.25, -0.2) is 8.42 Å². The van der Waals surface area contributed by atoms with E-state index in [1.807, 2.05) is 13.8 Å². The molecule has 1 saturated heterocycles. The van der Waals surface area contributed by atoms with Crippen molar-refractivity contribution in [3.8, 4) is 0 Å². The number of ether oxygens (including phenoxy) is 1. The van der Waals surface area contributed by atoms with E-state index >= 15 is 0 Å². The summed E-state index contributed by atoms with van der Waals surface area (Å²) < 4.78 is 30.0. The molecule has 0 spiro atoms. The van der Waals surface area contributed by atoms with Gasteiger partial charge in [0.2, 0.25) is 10.0 Å². The van der Waals surface area contributed by atoms with E-state index in [2.05, 4.69) is 6.58 Å². The van der Waals surface area contributed by atoms with Crippen LogP contribution < -0.4 is 0 Å². The van der Waals surface area contributed by atoms with Crippen LogP contribution in [0.5, 0.6) is 0 Å². The van der Waals surface area contributed by atoms with Crippen LogP contribution in [-0.2, 0) is 14.8 Å². The lowest BCUT2D eigenvalue weighted by molar-refractivity contribution is 0.0176. The highest BCUT2D eigenvalue weighted by molar-refractivity contribution is 7.92. The number of nitrogens with zero attached hydrogens (tertiary/aromatic N) is 1. The third kappa shape index (κ3) is 2.80. The molecule has 0 bridgehead atoms. The van der Waals surface area contributed by atoms with E-state index in [0.29, 0.717) is 13.1 Å². The molecule has 0 aromatic carbocycles. The maximum atomic E-state index is 11.5. The Morgan fingerprint density at radius 1 is 1.43 bits per heavy atom. The third-order valence-corrected chi connectivity index (χ3v) is 3.75. The van der Waals surface area contributed by atoms with Crippen LogP contribution >= 0.6 is 0 Å². The largest absolute Gasteiger partial charge is 0.374 e. The van der Waals surface area contributed by atoms with Gasteiger partial charge in [-0.2, -0.15) is 4.31 Å². The quantitative estimate of drug-likeness (QED) is 0.695. The molecule has 1 aliphatic rings. The van der Waals surface area contributed by atoms with Crippen LogP contribution in [0.15, 0.2) is 12.0 Å². The predicted octanol–water partition coefficient (Wildman–Crippen LogP) is 0.959. The number of rotatable bonds is 2. The molecule has 0 aromatic rings. The number of hydrogen-bond acceptors (Lipinski definition) is 3. The molecule has 1 fully saturated rings. The van der Waals surface area contributed by atoms with Gasteiger partial charge in [-0.3, -0.25) is 0 Å². The molecule has 1 rings (SSSR count). The zero-order chi connectivity index (χ0) is 10.8. The van der Waals surface area contributed by atoms with Crippen molar-refractivity contribution in [3.05, 3.63) is 12.0 Å². The van der Waals surface area contributed by atoms with Gasteiger partial charge in [-0.05, 0) is 20.3 Å². The fraction of sp³-hybridized carbons (Fsp3) is 0.778. The van der Waals surface area contributed by atoms with E-state index in [0.717, 1.165) is 11.8 Å². The lowest BCUT2D eigenvalue weighted by Gasteiger charge is -2.19. The highest BCUT2D eigenvalue weighted by Gasteiger charge is 2.25. The minimum absolute atomic E-state index is 0.0535. The summed E-state index contributed by atoms with van der Waals surface area (Å²) in [6.07, 6.45) is 0.800. The van der Waals surface area contributed by atoms with Crippen molar-refractivity contribution >= 4 is 10.0 Å². The van der Waals surface area contributed by atoms with Crippen molar-refractivity contribution in [3.63, 3.8) is 0 Å². The van der Waals surface area contributed by atoms with Crippen LogP contribution in [-0.4, -0.2) is 38.0 Å². The van der Waals surface area contributed by atoms with E-state index in [1.165, 1.54) is 4.31 Å². The zero-order valence-electron chi connectivity index (χ0n) is 8.64. The Morgan fingerprint density at radius 2 is 2.07 bits per heavy atom. The summed E-state index contributed by atoms with van der Waals surface area (Å²) in [5.41, 5.74) is 0. The maximum Gasteiger partial charge on any atom is 0.235 e. The molecule has 0 saturated carbocycles. The topological polar surface area (TPSA) is 46.6 Å². The van der Waals surface area contributed by atoms with Crippen LogP contribution in [0, 0.1) is 0 Å². The monoisotopic (exact) mass is 219 g/mol. The molecular weight excluding hydrogens is 202 g/mol. The Labute approximate surface area is 85.6 Å². The van der Waals surface area contributed by atoms with E-state index in [9.17, 15) is 8.42 Å². The van der Waals surface area contributed by atoms with Gasteiger partial charge in [0.1, 0.15) is 0 Å². The van der Waals surface area contributed by atoms with Crippen LogP contribution in [0.3, 0.4) is 0 Å². The summed E-state index contributed by atoms with van der Waals surface area (Å²) in [6, 6.07) is 0. The molecule has 1 heterocycles. The first-order valence-electron chi connectivity index (χ1n) is 4.73. The third-order valence-electron chi connectivity index (χ3n) is 2.28. The zero-order valence-corrected chi connectivity index (χ0v) is 9.46. The molecule has 1 aliphatic heterocycles. The van der Waals surface area contributed by atoms with Crippen molar-refractivity contribution in [2.24, 2.45) is 0 Å². The van der Waals surface area contributed by atoms with Crippen LogP contribution in [0.1, 0.15) is 20.3 Å². The Bertz CT molecular complexity index is 299. The summed E-state index contributed by atoms with van der Waals surface area (Å²) in [7, 11) is -3.28. The first-order valence-corrected chi connectivity index (χ1v) is 6.24. The van der Waals surface area contributed by atoms with E-state index in [1.54, 1.807) is 0 Å². The fourth-order valence-electron chi connectivity index (χ4n) is 1.55. The lowest BCUT2D eigenvalue weighted by atomic mass is 10.3. The molecule has 82 valence electrons. The van der Waals surface area contributed by atoms with Gasteiger partial charge < -0.3 is 4.74 Å². The Balaban J connectivity index is 2.77. The van der Waals surface area contributed by atoms with Gasteiger partial charge in [0, 0.05) is 18.5 Å². The van der Waals surface area contributed by atoms with Crippen LogP contribution in [0.2, 0.25) is 0 Å². The SMILES string of the molecule is C=CS(=O)(=O)N1CC[C@@H](C)O[C@@H](C)C1. The first-order chi connectivity index (χ1) is 6.45. The highest BCUT2D eigenvalue weighted by atomic mass is 32.2. The molecule has 0 aliphatic carbocycles. The summed E-state index contributed by atoms with van der Waals surface area (Å²) >= 11 is 0. The van der Waals surface area contributed by atoms with Crippen molar-refractivity contribution in [1.29, 1.82) is 0 Å². The summed E-state index contributed by atoms with van der Waals surface area (Å²) in [5, 5.41) is 0.996. The molecule has 0 radical (unpaired) electrons. The van der Waals surface area contributed by atoms with Gasteiger partial charge in [-0.1, -0.05) is 6.58 Å². The molecule has 2 atom stereocenters. The smallest absolute Gasteiger partial charge is 0.235 e. The van der Waals surface area contributed by atoms with E-state index in [4.69, 9.17) is 4.74 Å². The molecular formula is C9H17NO3S. The minimum Gasteiger partial charge on any atom is -0.374 e. The lowest BCUT2D eigenvalue weighted by Crippen LogP contribution is -2.34. The molecule has 0 N–H and O–H groups in total. The van der Waals surface area contributed by atoms with Crippen molar-refractivity contribution < 1.29 is 13.2 Å². The second-order valence-electron chi connectivity index (χ2n) is 3.62. The Hall–Kier alpha value is -0.390. The van der Waals surface area contributed by atoms with Crippen molar-refractivity contribution in [2.45, 2.75) is 32.5 Å². The number of sulfonamides is 1. The molecule has 0 unspecified atom stereocenters. The maximum absolute atomic E-state index is 11.5. The molecule has 4 nitrogen and oxygen atoms in total. The number of hydrogen-bond donors (Lipinski definition) is 0. The van der Waals surface area contributed by atoms with Gasteiger partial charge in [0.25, 0.3) is 0 Å². The minimum atomic E-state index is -3.28. The van der Waals surface area contributed by atoms with Crippen LogP contribution in [0.25, 0.3) is 0 Å². The Morgan fingerprint density at radius 3 is 2.64 bits per heavy atom. The highest BCUT2D eigenvalue weighted by Crippen LogP contribution is 2.14. The van der Waals surface area contributed by atoms with Gasteiger partial charge in [0.15, 0.2) is 0 Å². The standard InChI is InChI=1S/C9H17NO3S/c1-4-14(11,12)10-6-5-8(2)13-9(3)7-10/h4,8-9H,1,5-7H2,2-3H3/t8-,9+/m1/s1. The molecule has 5 heteroatoms. The van der Waals surface area contributed by atoms with Gasteiger partial charge >= 0.3 is 0 Å². The molecule has 0 amide bonds. The Kier molecular flexibility index (Phi) is 3.69. The van der Waals surface area contributed by atoms with Crippen LogP contribution in [0.4, 0.5) is 0 Å². The predicted molar refractivity (Wildman–Crippen MR) is 55.3 cm³/mol. The normalized spacial score (nSPS) is 31.0. The van der Waals surface area contributed by atoms with E-state index < -0.39 is 10.0 Å². The average Bonchev–Trinajstić information content (AvgIpc) is 2.27. The van der Waals surface area contributed by atoms with Gasteiger partial charge in [-0.15, -0.1) is 0 Å². The summed E-state index contributed by atoms with van der Waals surface area (Å²) in [4.78, 5) is 0. The fourth-order valence-corrected chi connectivity index (χ4v) is 2.54. The first kappa shape index (κ1) is 11.7.